The van der Waals surface area contributed by atoms with Crippen molar-refractivity contribution >= 4 is 23.2 Å². The summed E-state index contributed by atoms with van der Waals surface area (Å²) in [6, 6.07) is 10.1. The fourth-order valence-electron chi connectivity index (χ4n) is 1.69. The Morgan fingerprint density at radius 3 is 2.69 bits per heavy atom. The summed E-state index contributed by atoms with van der Waals surface area (Å²) >= 11 is 1.66. The summed E-state index contributed by atoms with van der Waals surface area (Å²) in [5.41, 5.74) is 4.02. The van der Waals surface area contributed by atoms with Crippen LogP contribution in [-0.2, 0) is 4.79 Å². The standard InChI is InChI=1S/C14H12OS/c1-2-11(9-15)13-5-3-4-6-14(13)12-7-8-16-10-12/h2-10H,1H3. The number of carbonyl (C=O) groups excluding carboxylic acids is 1. The van der Waals surface area contributed by atoms with Crippen LogP contribution in [0.1, 0.15) is 12.5 Å². The van der Waals surface area contributed by atoms with E-state index in [1.807, 2.05) is 42.6 Å². The number of aldehydes is 1. The van der Waals surface area contributed by atoms with E-state index in [0.29, 0.717) is 0 Å². The number of hydrogen-bond acceptors (Lipinski definition) is 2. The molecule has 0 aliphatic rings. The third-order valence-electron chi connectivity index (χ3n) is 2.51. The normalized spacial score (nSPS) is 11.4. The van der Waals surface area contributed by atoms with Gasteiger partial charge in [-0.1, -0.05) is 30.3 Å². The van der Waals surface area contributed by atoms with Gasteiger partial charge in [0.25, 0.3) is 0 Å². The Labute approximate surface area is 99.1 Å². The molecule has 16 heavy (non-hydrogen) atoms. The Balaban J connectivity index is 2.59. The van der Waals surface area contributed by atoms with E-state index in [4.69, 9.17) is 0 Å². The summed E-state index contributed by atoms with van der Waals surface area (Å²) in [7, 11) is 0. The van der Waals surface area contributed by atoms with Crippen LogP contribution in [0.2, 0.25) is 0 Å². The first-order valence-electron chi connectivity index (χ1n) is 5.10. The van der Waals surface area contributed by atoms with Crippen LogP contribution in [0.5, 0.6) is 0 Å². The number of carbonyl (C=O) groups is 1. The molecule has 0 saturated heterocycles. The number of rotatable bonds is 3. The van der Waals surface area contributed by atoms with Crippen LogP contribution in [-0.4, -0.2) is 6.29 Å². The second kappa shape index (κ2) is 4.90. The zero-order valence-corrected chi connectivity index (χ0v) is 9.83. The van der Waals surface area contributed by atoms with Gasteiger partial charge in [-0.3, -0.25) is 4.79 Å². The van der Waals surface area contributed by atoms with Crippen molar-refractivity contribution in [2.75, 3.05) is 0 Å². The molecule has 0 saturated carbocycles. The monoisotopic (exact) mass is 228 g/mol. The van der Waals surface area contributed by atoms with Gasteiger partial charge in [-0.25, -0.2) is 0 Å². The second-order valence-corrected chi connectivity index (χ2v) is 4.20. The van der Waals surface area contributed by atoms with Crippen LogP contribution in [0.3, 0.4) is 0 Å². The fraction of sp³-hybridized carbons (Fsp3) is 0.0714. The van der Waals surface area contributed by atoms with E-state index in [-0.39, 0.29) is 0 Å². The minimum Gasteiger partial charge on any atom is -0.298 e. The molecule has 1 nitrogen and oxygen atoms in total. The van der Waals surface area contributed by atoms with Gasteiger partial charge in [-0.15, -0.1) is 0 Å². The molecule has 0 fully saturated rings. The van der Waals surface area contributed by atoms with Gasteiger partial charge in [0.2, 0.25) is 0 Å². The van der Waals surface area contributed by atoms with Crippen LogP contribution >= 0.6 is 11.3 Å². The smallest absolute Gasteiger partial charge is 0.150 e. The average Bonchev–Trinajstić information content (AvgIpc) is 2.85. The summed E-state index contributed by atoms with van der Waals surface area (Å²) in [5, 5.41) is 4.14. The molecule has 0 amide bonds. The largest absolute Gasteiger partial charge is 0.298 e. The van der Waals surface area contributed by atoms with E-state index in [0.717, 1.165) is 23.0 Å². The molecule has 0 spiro atoms. The lowest BCUT2D eigenvalue weighted by Crippen LogP contribution is -1.89. The van der Waals surface area contributed by atoms with Crippen LogP contribution in [0.15, 0.2) is 47.2 Å². The van der Waals surface area contributed by atoms with Crippen molar-refractivity contribution in [3.63, 3.8) is 0 Å². The number of benzene rings is 1. The molecule has 2 aromatic rings. The van der Waals surface area contributed by atoms with Gasteiger partial charge in [0.15, 0.2) is 0 Å². The highest BCUT2D eigenvalue weighted by Gasteiger charge is 2.07. The first kappa shape index (κ1) is 10.8. The summed E-state index contributed by atoms with van der Waals surface area (Å²) in [6.45, 7) is 1.88. The molecule has 0 aliphatic carbocycles. The van der Waals surface area contributed by atoms with E-state index >= 15 is 0 Å². The molecular weight excluding hydrogens is 216 g/mol. The molecule has 1 aromatic heterocycles. The maximum atomic E-state index is 11.0. The van der Waals surface area contributed by atoms with Crippen LogP contribution in [0.25, 0.3) is 16.7 Å². The molecular formula is C14H12OS. The summed E-state index contributed by atoms with van der Waals surface area (Å²) in [5.74, 6) is 0. The molecule has 0 bridgehead atoms. The molecule has 0 N–H and O–H groups in total. The van der Waals surface area contributed by atoms with E-state index < -0.39 is 0 Å². The molecule has 0 atom stereocenters. The zero-order chi connectivity index (χ0) is 11.4. The van der Waals surface area contributed by atoms with Gasteiger partial charge in [0, 0.05) is 5.57 Å². The van der Waals surface area contributed by atoms with Gasteiger partial charge < -0.3 is 0 Å². The molecule has 2 rings (SSSR count). The van der Waals surface area contributed by atoms with E-state index in [9.17, 15) is 4.79 Å². The molecule has 1 heterocycles. The van der Waals surface area contributed by atoms with Crippen LogP contribution in [0.4, 0.5) is 0 Å². The fourth-order valence-corrected chi connectivity index (χ4v) is 2.35. The molecule has 0 radical (unpaired) electrons. The number of thiophene rings is 1. The molecule has 80 valence electrons. The van der Waals surface area contributed by atoms with Crippen molar-refractivity contribution in [3.8, 4) is 11.1 Å². The summed E-state index contributed by atoms with van der Waals surface area (Å²) < 4.78 is 0. The second-order valence-electron chi connectivity index (χ2n) is 3.42. The molecule has 2 heteroatoms. The van der Waals surface area contributed by atoms with Gasteiger partial charge in [-0.2, -0.15) is 11.3 Å². The predicted octanol–water partition coefficient (Wildman–Crippen LogP) is 4.02. The molecule has 0 unspecified atom stereocenters. The molecule has 1 aromatic carbocycles. The lowest BCUT2D eigenvalue weighted by Gasteiger charge is -2.07. The first-order valence-corrected chi connectivity index (χ1v) is 6.04. The number of allylic oxidation sites excluding steroid dienone is 2. The topological polar surface area (TPSA) is 17.1 Å². The maximum absolute atomic E-state index is 11.0. The maximum Gasteiger partial charge on any atom is 0.150 e. The van der Waals surface area contributed by atoms with Crippen molar-refractivity contribution in [2.24, 2.45) is 0 Å². The third-order valence-corrected chi connectivity index (χ3v) is 3.19. The van der Waals surface area contributed by atoms with Crippen molar-refractivity contribution in [1.29, 1.82) is 0 Å². The Morgan fingerprint density at radius 2 is 2.06 bits per heavy atom. The van der Waals surface area contributed by atoms with Gasteiger partial charge in [0.05, 0.1) is 0 Å². The first-order chi connectivity index (χ1) is 7.86. The van der Waals surface area contributed by atoms with Crippen molar-refractivity contribution in [3.05, 3.63) is 52.7 Å². The van der Waals surface area contributed by atoms with Crippen molar-refractivity contribution in [1.82, 2.24) is 0 Å². The number of hydrogen-bond donors (Lipinski definition) is 0. The quantitative estimate of drug-likeness (QED) is 0.573. The Hall–Kier alpha value is -1.67. The third kappa shape index (κ3) is 1.97. The van der Waals surface area contributed by atoms with Gasteiger partial charge >= 0.3 is 0 Å². The van der Waals surface area contributed by atoms with Crippen LogP contribution in [0, 0.1) is 0 Å². The average molecular weight is 228 g/mol. The van der Waals surface area contributed by atoms with E-state index in [2.05, 4.69) is 11.4 Å². The Bertz CT molecular complexity index is 509. The lowest BCUT2D eigenvalue weighted by atomic mass is 9.97. The van der Waals surface area contributed by atoms with Crippen molar-refractivity contribution in [2.45, 2.75) is 6.92 Å². The van der Waals surface area contributed by atoms with Gasteiger partial charge in [-0.05, 0) is 40.4 Å². The minimum atomic E-state index is 0.738. The summed E-state index contributed by atoms with van der Waals surface area (Å²) in [6.07, 6.45) is 2.75. The Morgan fingerprint density at radius 1 is 1.25 bits per heavy atom. The Kier molecular flexibility index (Phi) is 3.32. The van der Waals surface area contributed by atoms with Crippen molar-refractivity contribution < 1.29 is 4.79 Å². The van der Waals surface area contributed by atoms with Gasteiger partial charge in [0.1, 0.15) is 6.29 Å². The predicted molar refractivity (Wildman–Crippen MR) is 69.5 cm³/mol. The lowest BCUT2D eigenvalue weighted by molar-refractivity contribution is -0.103. The minimum absolute atomic E-state index is 0.738. The SMILES string of the molecule is CC=C(C=O)c1ccccc1-c1ccsc1. The van der Waals surface area contributed by atoms with Crippen LogP contribution < -0.4 is 0 Å². The summed E-state index contributed by atoms with van der Waals surface area (Å²) in [4.78, 5) is 11.0. The van der Waals surface area contributed by atoms with E-state index in [1.54, 1.807) is 11.3 Å². The highest BCUT2D eigenvalue weighted by molar-refractivity contribution is 7.08. The highest BCUT2D eigenvalue weighted by atomic mass is 32.1. The molecule has 0 aliphatic heterocycles. The highest BCUT2D eigenvalue weighted by Crippen LogP contribution is 2.29. The zero-order valence-electron chi connectivity index (χ0n) is 9.01. The van der Waals surface area contributed by atoms with E-state index in [1.165, 1.54) is 5.56 Å².